The number of unbranched alkanes of at least 4 members (excludes halogenated alkanes) is 1. The molecule has 0 aliphatic carbocycles. The molecule has 6 aromatic carbocycles. The summed E-state index contributed by atoms with van der Waals surface area (Å²) >= 11 is 0. The van der Waals surface area contributed by atoms with E-state index in [1.54, 1.807) is 58.3 Å². The van der Waals surface area contributed by atoms with Crippen LogP contribution in [0.4, 0.5) is 4.79 Å². The minimum absolute atomic E-state index is 0.00560. The molecule has 2 amide bonds. The molecule has 0 saturated carbocycles. The van der Waals surface area contributed by atoms with Crippen LogP contribution in [0.5, 0.6) is 0 Å². The third-order valence-corrected chi connectivity index (χ3v) is 15.1. The molecule has 2 fully saturated rings. The predicted octanol–water partition coefficient (Wildman–Crippen LogP) is 5.01. The lowest BCUT2D eigenvalue weighted by molar-refractivity contribution is -0.285. The van der Waals surface area contributed by atoms with Crippen molar-refractivity contribution in [2.45, 2.75) is 119 Å². The van der Waals surface area contributed by atoms with E-state index in [-0.39, 0.29) is 72.0 Å². The van der Waals surface area contributed by atoms with Crippen LogP contribution in [0.15, 0.2) is 158 Å². The number of primary amides is 1. The minimum Gasteiger partial charge on any atom is -0.460 e. The molecule has 83 heavy (non-hydrogen) atoms. The Labute approximate surface area is 484 Å². The first-order chi connectivity index (χ1) is 40.3. The van der Waals surface area contributed by atoms with E-state index >= 15 is 0 Å². The molecule has 19 nitrogen and oxygen atoms in total. The van der Waals surface area contributed by atoms with Gasteiger partial charge in [0, 0.05) is 37.3 Å². The predicted molar refractivity (Wildman–Crippen MR) is 308 cm³/mol. The van der Waals surface area contributed by atoms with Crippen molar-refractivity contribution in [1.82, 2.24) is 15.1 Å². The van der Waals surface area contributed by atoms with Gasteiger partial charge in [0.2, 0.25) is 5.91 Å². The van der Waals surface area contributed by atoms with Gasteiger partial charge < -0.3 is 70.1 Å². The lowest BCUT2D eigenvalue weighted by atomic mass is 9.93. The van der Waals surface area contributed by atoms with Gasteiger partial charge in [0.15, 0.2) is 12.6 Å². The van der Waals surface area contributed by atoms with Crippen molar-refractivity contribution in [2.24, 2.45) is 5.73 Å². The molecule has 11 atom stereocenters. The molecule has 0 aromatic heterocycles. The SMILES string of the molecule is NC(=O)[C@H](CCc1ccc(CCCCNC(=O)OCc2ccccc2)c2ccccc12)N(CCCN(C[C@H](O)[C@@H](O)[C@@H]1OC(c2ccccc2)OC[C@H]1O)C[C@H](O)[C@@H](O)[C@@H]1OC(c2ccccc2)OC[C@H]1O)CC(=O)OCc1ccccc1. The van der Waals surface area contributed by atoms with Gasteiger partial charge in [-0.2, -0.15) is 0 Å². The highest BCUT2D eigenvalue weighted by Crippen LogP contribution is 2.32. The maximum absolute atomic E-state index is 13.7. The quantitative estimate of drug-likeness (QED) is 0.0218. The number of hydrogen-bond acceptors (Lipinski definition) is 17. The number of fused-ring (bicyclic) bond motifs is 1. The molecule has 0 radical (unpaired) electrons. The molecular formula is C64H78N4O15. The summed E-state index contributed by atoms with van der Waals surface area (Å²) in [7, 11) is 0. The summed E-state index contributed by atoms with van der Waals surface area (Å²) in [4.78, 5) is 43.0. The number of benzene rings is 6. The van der Waals surface area contributed by atoms with Crippen LogP contribution in [-0.2, 0) is 64.1 Å². The van der Waals surface area contributed by atoms with Crippen molar-refractivity contribution in [3.8, 4) is 0 Å². The molecule has 2 unspecified atom stereocenters. The summed E-state index contributed by atoms with van der Waals surface area (Å²) in [6.07, 6.45) is -10.9. The van der Waals surface area contributed by atoms with E-state index < -0.39 is 85.4 Å². The fourth-order valence-corrected chi connectivity index (χ4v) is 10.6. The Morgan fingerprint density at radius 1 is 0.578 bits per heavy atom. The first-order valence-electron chi connectivity index (χ1n) is 28.4. The Morgan fingerprint density at radius 2 is 1.05 bits per heavy atom. The van der Waals surface area contributed by atoms with Crippen LogP contribution < -0.4 is 11.1 Å². The van der Waals surface area contributed by atoms with E-state index in [0.29, 0.717) is 24.1 Å². The fraction of sp³-hybridized carbons (Fsp3) is 0.422. The molecular weight excluding hydrogens is 1060 g/mol. The number of esters is 1. The van der Waals surface area contributed by atoms with Crippen molar-refractivity contribution in [3.05, 3.63) is 191 Å². The van der Waals surface area contributed by atoms with Gasteiger partial charge in [-0.3, -0.25) is 19.4 Å². The second-order valence-electron chi connectivity index (χ2n) is 21.2. The van der Waals surface area contributed by atoms with Crippen LogP contribution in [0.2, 0.25) is 0 Å². The van der Waals surface area contributed by atoms with Crippen LogP contribution in [0.3, 0.4) is 0 Å². The Bertz CT molecular complexity index is 2840. The number of aryl methyl sites for hydroxylation is 2. The number of aliphatic hydroxyl groups is 6. The number of aliphatic hydroxyl groups excluding tert-OH is 6. The highest BCUT2D eigenvalue weighted by atomic mass is 16.7. The van der Waals surface area contributed by atoms with Crippen molar-refractivity contribution < 1.29 is 73.4 Å². The first-order valence-corrected chi connectivity index (χ1v) is 28.4. The number of amides is 2. The normalized spacial score (nSPS) is 21.0. The Balaban J connectivity index is 0.957. The summed E-state index contributed by atoms with van der Waals surface area (Å²) < 4.78 is 34.6. The number of nitrogens with zero attached hydrogens (tertiary/aromatic N) is 2. The van der Waals surface area contributed by atoms with E-state index in [1.807, 2.05) is 97.1 Å². The molecule has 8 rings (SSSR count). The zero-order valence-corrected chi connectivity index (χ0v) is 46.5. The second-order valence-corrected chi connectivity index (χ2v) is 21.2. The lowest BCUT2D eigenvalue weighted by Gasteiger charge is -2.40. The van der Waals surface area contributed by atoms with Gasteiger partial charge in [0.25, 0.3) is 0 Å². The van der Waals surface area contributed by atoms with Gasteiger partial charge in [0.1, 0.15) is 49.8 Å². The topological polar surface area (TPSA) is 272 Å². The largest absolute Gasteiger partial charge is 0.460 e. The standard InChI is InChI=1S/C64H78N4O15/c65-61(76)51(32-31-46-30-29-45(49-27-13-14-28-50(46)49)22-15-16-33-66-64(77)81-40-44-20-7-2-8-21-44)68(38-56(73)78-39-43-18-5-1-6-19-43)35-17-34-67(36-52(69)57(74)59-54(71)41-79-62(82-59)47-23-9-3-10-24-47)37-53(70)58(75)60-55(72)42-80-63(83-60)48-25-11-4-12-26-48/h1-14,18-21,23-30,51-55,57-60,62-63,69-72,74-75H,15-17,22,31-42H2,(H2,65,76)(H,66,77)/t51-,52-,53-,54+,55+,57+,58+,59+,60+,62?,63?/m0/s1. The zero-order chi connectivity index (χ0) is 58.5. The van der Waals surface area contributed by atoms with Crippen molar-refractivity contribution >= 4 is 28.7 Å². The number of alkyl carbamates (subject to hydrolysis) is 1. The van der Waals surface area contributed by atoms with E-state index in [0.717, 1.165) is 52.3 Å². The molecule has 2 aliphatic rings. The summed E-state index contributed by atoms with van der Waals surface area (Å²) in [6, 6.07) is 47.7. The number of nitrogens with one attached hydrogen (secondary N) is 1. The Kier molecular flexibility index (Phi) is 23.9. The van der Waals surface area contributed by atoms with Crippen LogP contribution in [0.25, 0.3) is 10.8 Å². The number of ether oxygens (including phenoxy) is 6. The summed E-state index contributed by atoms with van der Waals surface area (Å²) in [5, 5.41) is 73.7. The summed E-state index contributed by atoms with van der Waals surface area (Å²) in [5.74, 6) is -1.27. The molecule has 2 saturated heterocycles. The number of carbonyl (C=O) groups excluding carboxylic acids is 3. The van der Waals surface area contributed by atoms with E-state index in [1.165, 1.54) is 0 Å². The van der Waals surface area contributed by atoms with E-state index in [4.69, 9.17) is 34.2 Å². The van der Waals surface area contributed by atoms with Gasteiger partial charge in [-0.05, 0) is 78.1 Å². The second kappa shape index (κ2) is 31.8. The molecule has 2 heterocycles. The molecule has 0 spiro atoms. The van der Waals surface area contributed by atoms with Crippen molar-refractivity contribution in [2.75, 3.05) is 52.5 Å². The van der Waals surface area contributed by atoms with E-state index in [2.05, 4.69) is 17.4 Å². The molecule has 9 N–H and O–H groups in total. The van der Waals surface area contributed by atoms with E-state index in [9.17, 15) is 45.0 Å². The highest BCUT2D eigenvalue weighted by Gasteiger charge is 2.42. The monoisotopic (exact) mass is 1140 g/mol. The average molecular weight is 1140 g/mol. The summed E-state index contributed by atoms with van der Waals surface area (Å²) in [6.45, 7) is -0.545. The van der Waals surface area contributed by atoms with Gasteiger partial charge in [-0.25, -0.2) is 4.79 Å². The summed E-state index contributed by atoms with van der Waals surface area (Å²) in [5.41, 5.74) is 11.3. The molecule has 0 bridgehead atoms. The van der Waals surface area contributed by atoms with Crippen LogP contribution in [0, 0.1) is 0 Å². The van der Waals surface area contributed by atoms with Crippen molar-refractivity contribution in [3.63, 3.8) is 0 Å². The van der Waals surface area contributed by atoms with Crippen LogP contribution in [0.1, 0.15) is 71.6 Å². The maximum atomic E-state index is 13.7. The van der Waals surface area contributed by atoms with Crippen molar-refractivity contribution in [1.29, 1.82) is 0 Å². The minimum atomic E-state index is -1.66. The van der Waals surface area contributed by atoms with Gasteiger partial charge in [-0.1, -0.05) is 158 Å². The van der Waals surface area contributed by atoms with Gasteiger partial charge in [-0.15, -0.1) is 0 Å². The third kappa shape index (κ3) is 18.4. The molecule has 19 heteroatoms. The Hall–Kier alpha value is -6.69. The maximum Gasteiger partial charge on any atom is 0.407 e. The number of rotatable bonds is 30. The first kappa shape index (κ1) is 62.4. The smallest absolute Gasteiger partial charge is 0.407 e. The average Bonchev–Trinajstić information content (AvgIpc) is 3.58. The fourth-order valence-electron chi connectivity index (χ4n) is 10.6. The highest BCUT2D eigenvalue weighted by molar-refractivity contribution is 5.89. The van der Waals surface area contributed by atoms with Gasteiger partial charge >= 0.3 is 12.1 Å². The van der Waals surface area contributed by atoms with Crippen LogP contribution >= 0.6 is 0 Å². The number of carbonyl (C=O) groups is 3. The zero-order valence-electron chi connectivity index (χ0n) is 46.5. The molecule has 444 valence electrons. The lowest BCUT2D eigenvalue weighted by Crippen LogP contribution is -2.56. The molecule has 2 aliphatic heterocycles. The van der Waals surface area contributed by atoms with Gasteiger partial charge in [0.05, 0.1) is 38.0 Å². The third-order valence-electron chi connectivity index (χ3n) is 15.1. The number of hydrogen-bond donors (Lipinski definition) is 8. The van der Waals surface area contributed by atoms with Crippen LogP contribution in [-0.4, -0.2) is 166 Å². The Morgan fingerprint density at radius 3 is 1.55 bits per heavy atom. The molecule has 6 aromatic rings. The number of nitrogens with two attached hydrogens (primary N) is 1.